The predicted molar refractivity (Wildman–Crippen MR) is 112 cm³/mol. The molecule has 2 aromatic carbocycles. The number of hydrogen-bond donors (Lipinski definition) is 2. The minimum atomic E-state index is -1.26. The van der Waals surface area contributed by atoms with Crippen molar-refractivity contribution in [1.82, 2.24) is 10.2 Å². The summed E-state index contributed by atoms with van der Waals surface area (Å²) in [7, 11) is 0. The molecule has 2 aliphatic heterocycles. The van der Waals surface area contributed by atoms with Crippen molar-refractivity contribution in [2.75, 3.05) is 19.9 Å². The highest BCUT2D eigenvalue weighted by molar-refractivity contribution is 6.07. The maximum atomic E-state index is 13.1. The van der Waals surface area contributed by atoms with Crippen molar-refractivity contribution < 1.29 is 28.9 Å². The van der Waals surface area contributed by atoms with Crippen LogP contribution in [0.2, 0.25) is 0 Å². The average molecular weight is 426 g/mol. The number of ether oxygens (including phenoxy) is 3. The summed E-state index contributed by atoms with van der Waals surface area (Å²) in [5.74, 6) is 1.38. The molecule has 0 aromatic heterocycles. The number of carbonyl (C=O) groups is 2. The van der Waals surface area contributed by atoms with Gasteiger partial charge in [0.25, 0.3) is 5.91 Å². The van der Waals surface area contributed by atoms with Crippen molar-refractivity contribution >= 4 is 11.9 Å². The van der Waals surface area contributed by atoms with Gasteiger partial charge in [-0.2, -0.15) is 0 Å². The minimum absolute atomic E-state index is 0.0388. The topological polar surface area (TPSA) is 97.3 Å². The molecule has 2 unspecified atom stereocenters. The molecule has 4 rings (SSSR count). The number of nitrogens with one attached hydrogen (secondary N) is 1. The lowest BCUT2D eigenvalue weighted by Crippen LogP contribution is -2.42. The molecule has 164 valence electrons. The fourth-order valence-electron chi connectivity index (χ4n) is 3.86. The van der Waals surface area contributed by atoms with Crippen LogP contribution in [0.15, 0.2) is 30.3 Å². The molecule has 8 heteroatoms. The summed E-state index contributed by atoms with van der Waals surface area (Å²) in [6.07, 6.45) is -1.03. The monoisotopic (exact) mass is 426 g/mol. The minimum Gasteiger partial charge on any atom is -0.490 e. The van der Waals surface area contributed by atoms with Gasteiger partial charge in [-0.1, -0.05) is 18.2 Å². The van der Waals surface area contributed by atoms with E-state index in [4.69, 9.17) is 14.2 Å². The van der Waals surface area contributed by atoms with Crippen LogP contribution in [0.1, 0.15) is 29.2 Å². The molecule has 2 atom stereocenters. The summed E-state index contributed by atoms with van der Waals surface area (Å²) in [5.41, 5.74) is 2.36. The molecule has 0 spiro atoms. The second kappa shape index (κ2) is 7.77. The number of imide groups is 1. The van der Waals surface area contributed by atoms with Crippen LogP contribution in [0, 0.1) is 20.8 Å². The number of nitrogens with zero attached hydrogens (tertiary/aromatic N) is 1. The molecule has 31 heavy (non-hydrogen) atoms. The van der Waals surface area contributed by atoms with E-state index in [0.717, 1.165) is 21.6 Å². The largest absolute Gasteiger partial charge is 0.490 e. The van der Waals surface area contributed by atoms with E-state index in [1.165, 1.54) is 0 Å². The zero-order chi connectivity index (χ0) is 22.3. The van der Waals surface area contributed by atoms with Crippen molar-refractivity contribution in [3.63, 3.8) is 0 Å². The van der Waals surface area contributed by atoms with Gasteiger partial charge in [-0.15, -0.1) is 0 Å². The van der Waals surface area contributed by atoms with E-state index < -0.39 is 23.6 Å². The van der Waals surface area contributed by atoms with Gasteiger partial charge in [0, 0.05) is 0 Å². The summed E-state index contributed by atoms with van der Waals surface area (Å²) >= 11 is 0. The normalized spacial score (nSPS) is 20.7. The number of aliphatic hydroxyl groups excluding tert-OH is 1. The number of hydrogen-bond acceptors (Lipinski definition) is 6. The summed E-state index contributed by atoms with van der Waals surface area (Å²) < 4.78 is 16.5. The third-order valence-electron chi connectivity index (χ3n) is 5.91. The van der Waals surface area contributed by atoms with Crippen LogP contribution in [0.5, 0.6) is 17.2 Å². The first-order valence-corrected chi connectivity index (χ1v) is 10.1. The van der Waals surface area contributed by atoms with E-state index in [-0.39, 0.29) is 19.9 Å². The Morgan fingerprint density at radius 3 is 2.61 bits per heavy atom. The zero-order valence-corrected chi connectivity index (χ0v) is 18.0. The van der Waals surface area contributed by atoms with Crippen LogP contribution in [-0.4, -0.2) is 48.0 Å². The Morgan fingerprint density at radius 2 is 1.84 bits per heavy atom. The van der Waals surface area contributed by atoms with Crippen LogP contribution in [0.3, 0.4) is 0 Å². The molecule has 2 aromatic rings. The number of carbonyl (C=O) groups excluding carboxylic acids is 2. The summed E-state index contributed by atoms with van der Waals surface area (Å²) in [5, 5.41) is 13.2. The molecular formula is C23H26N2O6. The van der Waals surface area contributed by atoms with Gasteiger partial charge in [0.15, 0.2) is 11.5 Å². The van der Waals surface area contributed by atoms with E-state index in [9.17, 15) is 14.7 Å². The summed E-state index contributed by atoms with van der Waals surface area (Å²) in [4.78, 5) is 26.7. The third kappa shape index (κ3) is 3.67. The first kappa shape index (κ1) is 21.0. The Bertz CT molecular complexity index is 1050. The SMILES string of the molecule is Cc1ccc(C)c(OCC(O)CN2C(=O)NC(C)(c3ccc4c(c3)OCO4)C2=O)c1C. The third-order valence-corrected chi connectivity index (χ3v) is 5.91. The first-order valence-electron chi connectivity index (χ1n) is 10.1. The summed E-state index contributed by atoms with van der Waals surface area (Å²) in [6, 6.07) is 8.52. The van der Waals surface area contributed by atoms with E-state index in [2.05, 4.69) is 5.32 Å². The number of fused-ring (bicyclic) bond motifs is 1. The number of benzene rings is 2. The number of β-amino-alcohol motifs (C(OH)–C–C–N with tert-alkyl or cyclic N) is 1. The standard InChI is InChI=1S/C23H26N2O6/c1-13-5-6-14(2)20(15(13)3)29-11-17(26)10-25-21(27)23(4,24-22(25)28)16-7-8-18-19(9-16)31-12-30-18/h5-9,17,26H,10-12H2,1-4H3,(H,24,28). The van der Waals surface area contributed by atoms with Crippen molar-refractivity contribution in [2.45, 2.75) is 39.3 Å². The van der Waals surface area contributed by atoms with Crippen LogP contribution >= 0.6 is 0 Å². The van der Waals surface area contributed by atoms with Gasteiger partial charge in [-0.3, -0.25) is 9.69 Å². The molecule has 0 bridgehead atoms. The highest BCUT2D eigenvalue weighted by atomic mass is 16.7. The van der Waals surface area contributed by atoms with Crippen molar-refractivity contribution in [1.29, 1.82) is 0 Å². The molecule has 3 amide bonds. The highest BCUT2D eigenvalue weighted by Crippen LogP contribution is 2.38. The molecule has 2 heterocycles. The fraction of sp³-hybridized carbons (Fsp3) is 0.391. The Morgan fingerprint density at radius 1 is 1.13 bits per heavy atom. The highest BCUT2D eigenvalue weighted by Gasteiger charge is 2.49. The van der Waals surface area contributed by atoms with Gasteiger partial charge in [-0.05, 0) is 62.1 Å². The molecule has 1 fully saturated rings. The lowest BCUT2D eigenvalue weighted by Gasteiger charge is -2.23. The molecule has 1 saturated heterocycles. The molecule has 8 nitrogen and oxygen atoms in total. The molecule has 2 aliphatic rings. The van der Waals surface area contributed by atoms with Gasteiger partial charge < -0.3 is 24.6 Å². The van der Waals surface area contributed by atoms with Gasteiger partial charge in [-0.25, -0.2) is 4.79 Å². The Labute approximate surface area is 180 Å². The van der Waals surface area contributed by atoms with Crippen molar-refractivity contribution in [2.24, 2.45) is 0 Å². The lowest BCUT2D eigenvalue weighted by molar-refractivity contribution is -0.132. The van der Waals surface area contributed by atoms with E-state index >= 15 is 0 Å². The predicted octanol–water partition coefficient (Wildman–Crippen LogP) is 2.55. The number of rotatable bonds is 6. The molecule has 2 N–H and O–H groups in total. The number of aliphatic hydroxyl groups is 1. The maximum Gasteiger partial charge on any atom is 0.325 e. The fourth-order valence-corrected chi connectivity index (χ4v) is 3.86. The zero-order valence-electron chi connectivity index (χ0n) is 18.0. The van der Waals surface area contributed by atoms with Crippen LogP contribution < -0.4 is 19.5 Å². The molecule has 0 aliphatic carbocycles. The number of amides is 3. The van der Waals surface area contributed by atoms with Crippen LogP contribution in [0.25, 0.3) is 0 Å². The second-order valence-corrected chi connectivity index (χ2v) is 8.16. The summed E-state index contributed by atoms with van der Waals surface area (Å²) in [6.45, 7) is 7.42. The molecular weight excluding hydrogens is 400 g/mol. The average Bonchev–Trinajstić information content (AvgIpc) is 3.29. The maximum absolute atomic E-state index is 13.1. The van der Waals surface area contributed by atoms with Crippen LogP contribution in [0.4, 0.5) is 4.79 Å². The van der Waals surface area contributed by atoms with Gasteiger partial charge >= 0.3 is 6.03 Å². The second-order valence-electron chi connectivity index (χ2n) is 8.16. The molecule has 0 saturated carbocycles. The smallest absolute Gasteiger partial charge is 0.325 e. The van der Waals surface area contributed by atoms with E-state index in [1.807, 2.05) is 32.9 Å². The van der Waals surface area contributed by atoms with Gasteiger partial charge in [0.05, 0.1) is 6.54 Å². The Balaban J connectivity index is 1.45. The van der Waals surface area contributed by atoms with E-state index in [1.54, 1.807) is 25.1 Å². The molecule has 0 radical (unpaired) electrons. The Hall–Kier alpha value is -3.26. The lowest BCUT2D eigenvalue weighted by atomic mass is 9.91. The first-order chi connectivity index (χ1) is 14.7. The van der Waals surface area contributed by atoms with Crippen molar-refractivity contribution in [3.05, 3.63) is 52.6 Å². The number of aryl methyl sites for hydroxylation is 2. The Kier molecular flexibility index (Phi) is 5.26. The van der Waals surface area contributed by atoms with Crippen molar-refractivity contribution in [3.8, 4) is 17.2 Å². The van der Waals surface area contributed by atoms with Gasteiger partial charge in [0.2, 0.25) is 6.79 Å². The van der Waals surface area contributed by atoms with E-state index in [0.29, 0.717) is 22.8 Å². The number of urea groups is 1. The van der Waals surface area contributed by atoms with Gasteiger partial charge in [0.1, 0.15) is 24.0 Å². The quantitative estimate of drug-likeness (QED) is 0.689. The van der Waals surface area contributed by atoms with Crippen LogP contribution in [-0.2, 0) is 10.3 Å².